The van der Waals surface area contributed by atoms with Crippen molar-refractivity contribution >= 4 is 39.3 Å². The third-order valence-electron chi connectivity index (χ3n) is 5.18. The van der Waals surface area contributed by atoms with Gasteiger partial charge in [-0.3, -0.25) is 9.59 Å². The van der Waals surface area contributed by atoms with Crippen molar-refractivity contribution in [1.82, 2.24) is 10.2 Å². The Hall–Kier alpha value is -2.05. The van der Waals surface area contributed by atoms with Gasteiger partial charge in [0.15, 0.2) is 6.61 Å². The standard InChI is InChI=1S/C24H30BrClN2O3/c1-5-17(4)27-24(30)22(6-2)28(14-18-9-7-8-10-21(18)26)23(29)15-31-19-11-12-20(25)16(3)13-19/h7-13,17,22H,5-6,14-15H2,1-4H3,(H,27,30)/t17-,22-/m1/s1. The van der Waals surface area contributed by atoms with Gasteiger partial charge in [0, 0.05) is 22.1 Å². The molecule has 2 atom stereocenters. The van der Waals surface area contributed by atoms with Crippen LogP contribution in [-0.4, -0.2) is 35.4 Å². The number of hydrogen-bond acceptors (Lipinski definition) is 3. The molecule has 0 unspecified atom stereocenters. The van der Waals surface area contributed by atoms with Crippen LogP contribution < -0.4 is 10.1 Å². The molecule has 0 aliphatic heterocycles. The number of carbonyl (C=O) groups is 2. The summed E-state index contributed by atoms with van der Waals surface area (Å²) in [6.07, 6.45) is 1.29. The number of hydrogen-bond donors (Lipinski definition) is 1. The highest BCUT2D eigenvalue weighted by molar-refractivity contribution is 9.10. The molecule has 2 aromatic rings. The maximum atomic E-state index is 13.2. The summed E-state index contributed by atoms with van der Waals surface area (Å²) >= 11 is 9.80. The predicted octanol–water partition coefficient (Wildman–Crippen LogP) is 5.51. The minimum atomic E-state index is -0.618. The van der Waals surface area contributed by atoms with E-state index in [9.17, 15) is 9.59 Å². The molecule has 0 heterocycles. The van der Waals surface area contributed by atoms with E-state index in [0.717, 1.165) is 22.0 Å². The molecule has 1 N–H and O–H groups in total. The van der Waals surface area contributed by atoms with E-state index < -0.39 is 6.04 Å². The van der Waals surface area contributed by atoms with Gasteiger partial charge in [-0.25, -0.2) is 0 Å². The molecule has 2 amide bonds. The van der Waals surface area contributed by atoms with Gasteiger partial charge in [-0.1, -0.05) is 59.6 Å². The fourth-order valence-corrected chi connectivity index (χ4v) is 3.55. The van der Waals surface area contributed by atoms with Gasteiger partial charge in [0.1, 0.15) is 11.8 Å². The minimum Gasteiger partial charge on any atom is -0.484 e. The first kappa shape index (κ1) is 25.2. The summed E-state index contributed by atoms with van der Waals surface area (Å²) in [5.74, 6) is 0.159. The van der Waals surface area contributed by atoms with Crippen molar-refractivity contribution < 1.29 is 14.3 Å². The third-order valence-corrected chi connectivity index (χ3v) is 6.44. The van der Waals surface area contributed by atoms with Crippen LogP contribution >= 0.6 is 27.5 Å². The molecule has 0 bridgehead atoms. The van der Waals surface area contributed by atoms with Crippen LogP contribution in [0.2, 0.25) is 5.02 Å². The lowest BCUT2D eigenvalue weighted by Gasteiger charge is -2.31. The fraction of sp³-hybridized carbons (Fsp3) is 0.417. The number of rotatable bonds is 10. The zero-order valence-corrected chi connectivity index (χ0v) is 20.8. The Morgan fingerprint density at radius 3 is 2.48 bits per heavy atom. The van der Waals surface area contributed by atoms with E-state index >= 15 is 0 Å². The number of ether oxygens (including phenoxy) is 1. The molecule has 7 heteroatoms. The van der Waals surface area contributed by atoms with Crippen LogP contribution in [0.15, 0.2) is 46.9 Å². The van der Waals surface area contributed by atoms with Crippen molar-refractivity contribution in [3.8, 4) is 5.75 Å². The van der Waals surface area contributed by atoms with Crippen molar-refractivity contribution in [3.63, 3.8) is 0 Å². The average Bonchev–Trinajstić information content (AvgIpc) is 2.75. The SMILES string of the molecule is CC[C@@H](C)NC(=O)[C@@H](CC)N(Cc1ccccc1Cl)C(=O)COc1ccc(Br)c(C)c1. The van der Waals surface area contributed by atoms with Crippen molar-refractivity contribution in [2.45, 2.75) is 59.2 Å². The summed E-state index contributed by atoms with van der Waals surface area (Å²) < 4.78 is 6.72. The maximum Gasteiger partial charge on any atom is 0.261 e. The molecular formula is C24H30BrClN2O3. The molecule has 0 aromatic heterocycles. The average molecular weight is 510 g/mol. The Morgan fingerprint density at radius 1 is 1.16 bits per heavy atom. The van der Waals surface area contributed by atoms with Gasteiger partial charge in [-0.15, -0.1) is 0 Å². The van der Waals surface area contributed by atoms with Crippen LogP contribution in [0.4, 0.5) is 0 Å². The highest BCUT2D eigenvalue weighted by atomic mass is 79.9. The van der Waals surface area contributed by atoms with Gasteiger partial charge in [0.2, 0.25) is 5.91 Å². The van der Waals surface area contributed by atoms with Gasteiger partial charge in [-0.2, -0.15) is 0 Å². The fourth-order valence-electron chi connectivity index (χ4n) is 3.11. The number of halogens is 2. The van der Waals surface area contributed by atoms with Crippen molar-refractivity contribution in [1.29, 1.82) is 0 Å². The summed E-state index contributed by atoms with van der Waals surface area (Å²) in [5, 5.41) is 3.55. The zero-order chi connectivity index (χ0) is 23.0. The number of carbonyl (C=O) groups excluding carboxylic acids is 2. The third kappa shape index (κ3) is 7.25. The Kier molecular flexibility index (Phi) is 9.85. The summed E-state index contributed by atoms with van der Waals surface area (Å²) in [6, 6.07) is 12.3. The quantitative estimate of drug-likeness (QED) is 0.459. The second kappa shape index (κ2) is 12.1. The lowest BCUT2D eigenvalue weighted by Crippen LogP contribution is -2.51. The van der Waals surface area contributed by atoms with E-state index in [-0.39, 0.29) is 31.0 Å². The predicted molar refractivity (Wildman–Crippen MR) is 128 cm³/mol. The van der Waals surface area contributed by atoms with Crippen molar-refractivity contribution in [3.05, 3.63) is 63.1 Å². The largest absolute Gasteiger partial charge is 0.484 e. The zero-order valence-electron chi connectivity index (χ0n) is 18.5. The molecule has 0 aliphatic rings. The number of benzene rings is 2. The first-order valence-electron chi connectivity index (χ1n) is 10.5. The molecule has 0 spiro atoms. The Morgan fingerprint density at radius 2 is 1.87 bits per heavy atom. The van der Waals surface area contributed by atoms with Crippen LogP contribution in [0.25, 0.3) is 0 Å². The van der Waals surface area contributed by atoms with E-state index in [4.69, 9.17) is 16.3 Å². The molecule has 2 aromatic carbocycles. The van der Waals surface area contributed by atoms with Crippen LogP contribution in [0.1, 0.15) is 44.7 Å². The number of amides is 2. The van der Waals surface area contributed by atoms with Gasteiger partial charge in [0.05, 0.1) is 0 Å². The summed E-state index contributed by atoms with van der Waals surface area (Å²) in [6.45, 7) is 7.87. The second-order valence-electron chi connectivity index (χ2n) is 7.55. The molecule has 31 heavy (non-hydrogen) atoms. The van der Waals surface area contributed by atoms with Crippen LogP contribution in [-0.2, 0) is 16.1 Å². The summed E-state index contributed by atoms with van der Waals surface area (Å²) in [4.78, 5) is 27.7. The first-order chi connectivity index (χ1) is 14.8. The van der Waals surface area contributed by atoms with E-state index in [1.807, 2.05) is 58.0 Å². The molecule has 2 rings (SSSR count). The normalized spacial score (nSPS) is 12.7. The van der Waals surface area contributed by atoms with Crippen LogP contribution in [0.3, 0.4) is 0 Å². The highest BCUT2D eigenvalue weighted by Gasteiger charge is 2.30. The highest BCUT2D eigenvalue weighted by Crippen LogP contribution is 2.23. The second-order valence-corrected chi connectivity index (χ2v) is 8.82. The number of nitrogens with zero attached hydrogens (tertiary/aromatic N) is 1. The van der Waals surface area contributed by atoms with Gasteiger partial charge in [-0.05, 0) is 62.1 Å². The lowest BCUT2D eigenvalue weighted by molar-refractivity contribution is -0.143. The van der Waals surface area contributed by atoms with Gasteiger partial charge < -0.3 is 15.0 Å². The number of aryl methyl sites for hydroxylation is 1. The van der Waals surface area contributed by atoms with Crippen molar-refractivity contribution in [2.75, 3.05) is 6.61 Å². The molecule has 0 aliphatic carbocycles. The van der Waals surface area contributed by atoms with Crippen molar-refractivity contribution in [2.24, 2.45) is 0 Å². The van der Waals surface area contributed by atoms with Crippen LogP contribution in [0, 0.1) is 6.92 Å². The minimum absolute atomic E-state index is 0.0285. The van der Waals surface area contributed by atoms with Gasteiger partial charge in [0.25, 0.3) is 5.91 Å². The first-order valence-corrected chi connectivity index (χ1v) is 11.7. The smallest absolute Gasteiger partial charge is 0.261 e. The molecule has 0 radical (unpaired) electrons. The van der Waals surface area contributed by atoms with E-state index in [2.05, 4.69) is 21.2 Å². The summed E-state index contributed by atoms with van der Waals surface area (Å²) in [5.41, 5.74) is 1.80. The topological polar surface area (TPSA) is 58.6 Å². The molecule has 0 fully saturated rings. The van der Waals surface area contributed by atoms with E-state index in [0.29, 0.717) is 17.2 Å². The monoisotopic (exact) mass is 508 g/mol. The van der Waals surface area contributed by atoms with Gasteiger partial charge >= 0.3 is 0 Å². The molecule has 5 nitrogen and oxygen atoms in total. The molecule has 168 valence electrons. The summed E-state index contributed by atoms with van der Waals surface area (Å²) in [7, 11) is 0. The number of nitrogens with one attached hydrogen (secondary N) is 1. The van der Waals surface area contributed by atoms with E-state index in [1.165, 1.54) is 0 Å². The van der Waals surface area contributed by atoms with E-state index in [1.54, 1.807) is 17.0 Å². The Labute approximate surface area is 198 Å². The molecule has 0 saturated carbocycles. The Balaban J connectivity index is 2.24. The van der Waals surface area contributed by atoms with Crippen LogP contribution in [0.5, 0.6) is 5.75 Å². The maximum absolute atomic E-state index is 13.2. The lowest BCUT2D eigenvalue weighted by atomic mass is 10.1. The molecular weight excluding hydrogens is 480 g/mol. The Bertz CT molecular complexity index is 906. The molecule has 0 saturated heterocycles.